The van der Waals surface area contributed by atoms with E-state index in [4.69, 9.17) is 9.47 Å². The number of aromatic nitrogens is 2. The second kappa shape index (κ2) is 8.75. The van der Waals surface area contributed by atoms with Gasteiger partial charge in [0.15, 0.2) is 11.5 Å². The highest BCUT2D eigenvalue weighted by atomic mass is 32.1. The summed E-state index contributed by atoms with van der Waals surface area (Å²) >= 11 is 1.16. The van der Waals surface area contributed by atoms with E-state index in [0.29, 0.717) is 62.8 Å². The van der Waals surface area contributed by atoms with Gasteiger partial charge in [-0.2, -0.15) is 0 Å². The van der Waals surface area contributed by atoms with Crippen molar-refractivity contribution in [2.75, 3.05) is 25.2 Å². The monoisotopic (exact) mass is 482 g/mol. The Morgan fingerprint density at radius 1 is 1.18 bits per heavy atom. The van der Waals surface area contributed by atoms with Crippen LogP contribution in [0, 0.1) is 18.8 Å². The summed E-state index contributed by atoms with van der Waals surface area (Å²) in [6, 6.07) is 5.16. The second-order valence-electron chi connectivity index (χ2n) is 9.18. The molecule has 1 aromatic carbocycles. The Morgan fingerprint density at radius 3 is 2.68 bits per heavy atom. The molecule has 5 rings (SSSR count). The number of piperidine rings is 1. The molecule has 0 radical (unpaired) electrons. The highest BCUT2D eigenvalue weighted by molar-refractivity contribution is 7.20. The third-order valence-electron chi connectivity index (χ3n) is 6.28. The first-order valence-corrected chi connectivity index (χ1v) is 12.1. The summed E-state index contributed by atoms with van der Waals surface area (Å²) in [6.45, 7) is 7.51. The molecule has 34 heavy (non-hydrogen) atoms. The third kappa shape index (κ3) is 4.13. The minimum Gasteiger partial charge on any atom is -0.454 e. The molecule has 0 spiro atoms. The molecule has 2 aliphatic heterocycles. The molecule has 2 amide bonds. The van der Waals surface area contributed by atoms with E-state index in [1.807, 2.05) is 4.90 Å². The van der Waals surface area contributed by atoms with Crippen LogP contribution in [0.3, 0.4) is 0 Å². The van der Waals surface area contributed by atoms with Gasteiger partial charge in [0.2, 0.25) is 12.7 Å². The fraction of sp³-hybridized carbons (Fsp3) is 0.417. The maximum Gasteiger partial charge on any atom is 0.266 e. The number of carbonyl (C=O) groups is 2. The number of hydrogen-bond acceptors (Lipinski definition) is 7. The Hall–Kier alpha value is -3.40. The number of fused-ring (bicyclic) bond motifs is 2. The Balaban J connectivity index is 1.38. The second-order valence-corrected chi connectivity index (χ2v) is 10.2. The molecular weight excluding hydrogens is 456 g/mol. The van der Waals surface area contributed by atoms with Crippen molar-refractivity contribution in [2.45, 2.75) is 33.7 Å². The topological polar surface area (TPSA) is 103 Å². The number of rotatable bonds is 4. The molecule has 0 saturated carbocycles. The van der Waals surface area contributed by atoms with Crippen LogP contribution in [0.1, 0.15) is 35.5 Å². The fourth-order valence-corrected chi connectivity index (χ4v) is 5.80. The summed E-state index contributed by atoms with van der Waals surface area (Å²) in [5.41, 5.74) is 0.803. The Kier molecular flexibility index (Phi) is 5.76. The van der Waals surface area contributed by atoms with Crippen molar-refractivity contribution in [1.82, 2.24) is 14.5 Å². The van der Waals surface area contributed by atoms with Gasteiger partial charge in [-0.3, -0.25) is 19.0 Å². The van der Waals surface area contributed by atoms with E-state index in [1.54, 1.807) is 25.1 Å². The molecule has 0 bridgehead atoms. The Labute approximate surface area is 200 Å². The standard InChI is InChI=1S/C24H26N4O5S/c1-13-6-14(2)9-27(8-13)19(29)10-28-11-25-23-20(24(28)31)15(3)21(34-23)22(30)26-16-4-5-17-18(7-16)33-12-32-17/h4-5,7,11,13-14H,6,8-10,12H2,1-3H3,(H,26,30)/t13-,14-/m0/s1. The van der Waals surface area contributed by atoms with Crippen LogP contribution >= 0.6 is 11.3 Å². The van der Waals surface area contributed by atoms with Crippen molar-refractivity contribution in [1.29, 1.82) is 0 Å². The lowest BCUT2D eigenvalue weighted by Gasteiger charge is -2.35. The van der Waals surface area contributed by atoms with Crippen molar-refractivity contribution in [3.05, 3.63) is 45.3 Å². The maximum atomic E-state index is 13.2. The summed E-state index contributed by atoms with van der Waals surface area (Å²) < 4.78 is 12.0. The van der Waals surface area contributed by atoms with Crippen LogP contribution in [0.5, 0.6) is 11.5 Å². The van der Waals surface area contributed by atoms with Gasteiger partial charge in [-0.25, -0.2) is 4.98 Å². The Bertz CT molecular complexity index is 1340. The van der Waals surface area contributed by atoms with E-state index in [1.165, 1.54) is 10.9 Å². The number of benzene rings is 1. The van der Waals surface area contributed by atoms with E-state index in [2.05, 4.69) is 24.1 Å². The molecule has 2 atom stereocenters. The molecule has 0 aliphatic carbocycles. The molecule has 1 N–H and O–H groups in total. The lowest BCUT2D eigenvalue weighted by atomic mass is 9.92. The van der Waals surface area contributed by atoms with E-state index in [-0.39, 0.29) is 30.7 Å². The maximum absolute atomic E-state index is 13.2. The lowest BCUT2D eigenvalue weighted by Crippen LogP contribution is -2.44. The van der Waals surface area contributed by atoms with Crippen LogP contribution in [0.15, 0.2) is 29.3 Å². The van der Waals surface area contributed by atoms with E-state index >= 15 is 0 Å². The molecule has 178 valence electrons. The van der Waals surface area contributed by atoms with Gasteiger partial charge in [0.25, 0.3) is 11.5 Å². The fourth-order valence-electron chi connectivity index (χ4n) is 4.76. The molecule has 1 fully saturated rings. The van der Waals surface area contributed by atoms with Crippen LogP contribution < -0.4 is 20.3 Å². The van der Waals surface area contributed by atoms with E-state index < -0.39 is 0 Å². The highest BCUT2D eigenvalue weighted by Gasteiger charge is 2.26. The number of anilines is 1. The number of hydrogen-bond donors (Lipinski definition) is 1. The SMILES string of the molecule is Cc1c(C(=O)Nc2ccc3c(c2)OCO3)sc2ncn(CC(=O)N3C[C@@H](C)C[C@H](C)C3)c(=O)c12. The number of carbonyl (C=O) groups excluding carboxylic acids is 2. The van der Waals surface area contributed by atoms with Crippen LogP contribution in [0.25, 0.3) is 10.2 Å². The molecule has 0 unspecified atom stereocenters. The molecule has 1 saturated heterocycles. The van der Waals surface area contributed by atoms with Crippen molar-refractivity contribution in [2.24, 2.45) is 11.8 Å². The van der Waals surface area contributed by atoms with Crippen LogP contribution in [-0.2, 0) is 11.3 Å². The van der Waals surface area contributed by atoms with Crippen LogP contribution in [0.4, 0.5) is 5.69 Å². The van der Waals surface area contributed by atoms with Gasteiger partial charge in [0.1, 0.15) is 11.4 Å². The molecule has 4 heterocycles. The zero-order valence-corrected chi connectivity index (χ0v) is 20.1. The predicted octanol–water partition coefficient (Wildman–Crippen LogP) is 3.25. The van der Waals surface area contributed by atoms with E-state index in [9.17, 15) is 14.4 Å². The first-order chi connectivity index (χ1) is 16.3. The molecule has 2 aromatic heterocycles. The van der Waals surface area contributed by atoms with Gasteiger partial charge in [0, 0.05) is 24.8 Å². The molecule has 9 nitrogen and oxygen atoms in total. The largest absolute Gasteiger partial charge is 0.454 e. The first-order valence-electron chi connectivity index (χ1n) is 11.3. The summed E-state index contributed by atoms with van der Waals surface area (Å²) in [7, 11) is 0. The average molecular weight is 483 g/mol. The number of thiophene rings is 1. The smallest absolute Gasteiger partial charge is 0.266 e. The third-order valence-corrected chi connectivity index (χ3v) is 7.48. The van der Waals surface area contributed by atoms with Gasteiger partial charge >= 0.3 is 0 Å². The lowest BCUT2D eigenvalue weighted by molar-refractivity contribution is -0.134. The highest BCUT2D eigenvalue weighted by Crippen LogP contribution is 2.35. The summed E-state index contributed by atoms with van der Waals surface area (Å²) in [4.78, 5) is 46.2. The summed E-state index contributed by atoms with van der Waals surface area (Å²) in [5.74, 6) is 1.65. The van der Waals surface area contributed by atoms with Crippen LogP contribution in [-0.4, -0.2) is 46.1 Å². The van der Waals surface area contributed by atoms with Gasteiger partial charge in [0.05, 0.1) is 16.6 Å². The molecular formula is C24H26N4O5S. The first kappa shape index (κ1) is 22.4. The molecule has 3 aromatic rings. The van der Waals surface area contributed by atoms with Crippen molar-refractivity contribution in [3.8, 4) is 11.5 Å². The molecule has 10 heteroatoms. The summed E-state index contributed by atoms with van der Waals surface area (Å²) in [6.07, 6.45) is 2.50. The minimum atomic E-state index is -0.335. The number of aryl methyl sites for hydroxylation is 1. The minimum absolute atomic E-state index is 0.0603. The number of ether oxygens (including phenoxy) is 2. The van der Waals surface area contributed by atoms with Gasteiger partial charge < -0.3 is 19.7 Å². The summed E-state index contributed by atoms with van der Waals surface area (Å²) in [5, 5.41) is 3.22. The molecule has 2 aliphatic rings. The van der Waals surface area contributed by atoms with Crippen molar-refractivity contribution < 1.29 is 19.1 Å². The quantitative estimate of drug-likeness (QED) is 0.612. The zero-order chi connectivity index (χ0) is 24.0. The number of amides is 2. The zero-order valence-electron chi connectivity index (χ0n) is 19.3. The van der Waals surface area contributed by atoms with E-state index in [0.717, 1.165) is 17.8 Å². The number of nitrogens with zero attached hydrogens (tertiary/aromatic N) is 3. The number of likely N-dealkylation sites (tertiary alicyclic amines) is 1. The van der Waals surface area contributed by atoms with Gasteiger partial charge in [-0.15, -0.1) is 11.3 Å². The Morgan fingerprint density at radius 2 is 1.91 bits per heavy atom. The van der Waals surface area contributed by atoms with Gasteiger partial charge in [-0.1, -0.05) is 13.8 Å². The predicted molar refractivity (Wildman–Crippen MR) is 129 cm³/mol. The van der Waals surface area contributed by atoms with Crippen LogP contribution in [0.2, 0.25) is 0 Å². The number of nitrogens with one attached hydrogen (secondary N) is 1. The van der Waals surface area contributed by atoms with Gasteiger partial charge in [-0.05, 0) is 42.9 Å². The normalized spacial score (nSPS) is 19.4. The average Bonchev–Trinajstić information content (AvgIpc) is 3.39. The van der Waals surface area contributed by atoms with Crippen molar-refractivity contribution in [3.63, 3.8) is 0 Å². The van der Waals surface area contributed by atoms with Crippen molar-refractivity contribution >= 4 is 39.1 Å².